The van der Waals surface area contributed by atoms with Crippen LogP contribution in [0.4, 0.5) is 4.39 Å². The van der Waals surface area contributed by atoms with E-state index < -0.39 is 26.4 Å². The number of hydrogen-bond acceptors (Lipinski definition) is 4. The van der Waals surface area contributed by atoms with E-state index in [0.29, 0.717) is 10.6 Å². The molecule has 0 radical (unpaired) electrons. The fraction of sp³-hybridized carbons (Fsp3) is 0.500. The van der Waals surface area contributed by atoms with Gasteiger partial charge < -0.3 is 0 Å². The third-order valence-corrected chi connectivity index (χ3v) is 5.87. The van der Waals surface area contributed by atoms with E-state index in [4.69, 9.17) is 17.4 Å². The summed E-state index contributed by atoms with van der Waals surface area (Å²) >= 11 is 5.67. The highest BCUT2D eigenvalue weighted by molar-refractivity contribution is 7.92. The van der Waals surface area contributed by atoms with Gasteiger partial charge in [-0.25, -0.2) is 12.8 Å². The van der Waals surface area contributed by atoms with Crippen LogP contribution in [0.3, 0.4) is 0 Å². The standard InChI is InChI=1S/C12H18ClFN2O2S/c1-12(2,19(3,17)18)11(16-15)6-8-4-5-9(13)7-10(8)14/h4-5,7,11,16H,6,15H2,1-3H3. The Morgan fingerprint density at radius 3 is 2.47 bits per heavy atom. The lowest BCUT2D eigenvalue weighted by Gasteiger charge is -2.32. The predicted molar refractivity (Wildman–Crippen MR) is 75.1 cm³/mol. The number of nitrogens with two attached hydrogens (primary N) is 1. The topological polar surface area (TPSA) is 72.2 Å². The van der Waals surface area contributed by atoms with Crippen LogP contribution in [0.1, 0.15) is 19.4 Å². The van der Waals surface area contributed by atoms with Gasteiger partial charge in [-0.05, 0) is 38.0 Å². The van der Waals surface area contributed by atoms with Crippen molar-refractivity contribution >= 4 is 21.4 Å². The summed E-state index contributed by atoms with van der Waals surface area (Å²) in [5, 5.41) is 0.292. The Morgan fingerprint density at radius 2 is 2.05 bits per heavy atom. The van der Waals surface area contributed by atoms with Gasteiger partial charge in [0.25, 0.3) is 0 Å². The number of benzene rings is 1. The maximum absolute atomic E-state index is 13.7. The molecule has 0 spiro atoms. The summed E-state index contributed by atoms with van der Waals surface area (Å²) < 4.78 is 36.2. The summed E-state index contributed by atoms with van der Waals surface area (Å²) in [6.45, 7) is 3.11. The van der Waals surface area contributed by atoms with E-state index in [1.54, 1.807) is 19.9 Å². The first-order chi connectivity index (χ1) is 8.59. The summed E-state index contributed by atoms with van der Waals surface area (Å²) in [5.74, 6) is 4.95. The van der Waals surface area contributed by atoms with Crippen LogP contribution < -0.4 is 11.3 Å². The van der Waals surface area contributed by atoms with Gasteiger partial charge in [0.2, 0.25) is 0 Å². The van der Waals surface area contributed by atoms with E-state index in [1.165, 1.54) is 12.1 Å². The van der Waals surface area contributed by atoms with Crippen molar-refractivity contribution in [2.24, 2.45) is 5.84 Å². The molecule has 0 aliphatic carbocycles. The van der Waals surface area contributed by atoms with Crippen LogP contribution >= 0.6 is 11.6 Å². The molecule has 1 aromatic rings. The van der Waals surface area contributed by atoms with Crippen molar-refractivity contribution in [3.63, 3.8) is 0 Å². The molecule has 0 saturated heterocycles. The molecule has 1 rings (SSSR count). The van der Waals surface area contributed by atoms with Gasteiger partial charge in [0, 0.05) is 17.3 Å². The first-order valence-electron chi connectivity index (χ1n) is 5.69. The van der Waals surface area contributed by atoms with E-state index in [-0.39, 0.29) is 6.42 Å². The third kappa shape index (κ3) is 3.66. The minimum Gasteiger partial charge on any atom is -0.271 e. The van der Waals surface area contributed by atoms with E-state index in [2.05, 4.69) is 5.43 Å². The molecule has 0 aliphatic rings. The highest BCUT2D eigenvalue weighted by atomic mass is 35.5. The number of halogens is 2. The summed E-state index contributed by atoms with van der Waals surface area (Å²) in [4.78, 5) is 0. The largest absolute Gasteiger partial charge is 0.271 e. The SMILES string of the molecule is CC(C)(C(Cc1ccc(Cl)cc1F)NN)S(C)(=O)=O. The maximum atomic E-state index is 13.7. The molecule has 0 saturated carbocycles. The van der Waals surface area contributed by atoms with Crippen molar-refractivity contribution in [3.05, 3.63) is 34.6 Å². The van der Waals surface area contributed by atoms with Crippen LogP contribution in [0, 0.1) is 5.82 Å². The monoisotopic (exact) mass is 308 g/mol. The Kier molecular flexibility index (Phi) is 4.95. The summed E-state index contributed by atoms with van der Waals surface area (Å²) in [5.41, 5.74) is 2.83. The van der Waals surface area contributed by atoms with E-state index in [0.717, 1.165) is 6.26 Å². The molecule has 0 heterocycles. The second-order valence-electron chi connectivity index (χ2n) is 5.03. The number of hydrazine groups is 1. The van der Waals surface area contributed by atoms with Gasteiger partial charge in [0.1, 0.15) is 5.82 Å². The van der Waals surface area contributed by atoms with Crippen molar-refractivity contribution in [2.45, 2.75) is 31.1 Å². The van der Waals surface area contributed by atoms with Gasteiger partial charge in [0.15, 0.2) is 9.84 Å². The van der Waals surface area contributed by atoms with Gasteiger partial charge in [-0.1, -0.05) is 17.7 Å². The van der Waals surface area contributed by atoms with Crippen LogP contribution in [-0.4, -0.2) is 25.5 Å². The third-order valence-electron chi connectivity index (χ3n) is 3.44. The lowest BCUT2D eigenvalue weighted by molar-refractivity contribution is 0.408. The molecular formula is C12H18ClFN2O2S. The van der Waals surface area contributed by atoms with Crippen LogP contribution in [-0.2, 0) is 16.3 Å². The quantitative estimate of drug-likeness (QED) is 0.641. The first kappa shape index (κ1) is 16.4. The summed E-state index contributed by atoms with van der Waals surface area (Å²) in [7, 11) is -3.35. The van der Waals surface area contributed by atoms with Crippen molar-refractivity contribution in [1.29, 1.82) is 0 Å². The Hall–Kier alpha value is -0.690. The molecule has 0 fully saturated rings. The molecule has 108 valence electrons. The average molecular weight is 309 g/mol. The van der Waals surface area contributed by atoms with Crippen LogP contribution in [0.25, 0.3) is 0 Å². The van der Waals surface area contributed by atoms with E-state index >= 15 is 0 Å². The van der Waals surface area contributed by atoms with Gasteiger partial charge in [0.05, 0.1) is 4.75 Å². The van der Waals surface area contributed by atoms with Crippen LogP contribution in [0.5, 0.6) is 0 Å². The minimum absolute atomic E-state index is 0.152. The molecule has 19 heavy (non-hydrogen) atoms. The predicted octanol–water partition coefficient (Wildman–Crippen LogP) is 1.68. The van der Waals surface area contributed by atoms with E-state index in [9.17, 15) is 12.8 Å². The average Bonchev–Trinajstić information content (AvgIpc) is 2.26. The number of hydrogen-bond donors (Lipinski definition) is 2. The van der Waals surface area contributed by atoms with Crippen LogP contribution in [0.15, 0.2) is 18.2 Å². The van der Waals surface area contributed by atoms with Gasteiger partial charge >= 0.3 is 0 Å². The lowest BCUT2D eigenvalue weighted by atomic mass is 9.96. The second kappa shape index (κ2) is 5.75. The number of nitrogens with one attached hydrogen (secondary N) is 1. The smallest absolute Gasteiger partial charge is 0.154 e. The number of rotatable bonds is 5. The zero-order chi connectivity index (χ0) is 14.8. The molecule has 0 aromatic heterocycles. The Balaban J connectivity index is 3.07. The van der Waals surface area contributed by atoms with Gasteiger partial charge in [-0.3, -0.25) is 11.3 Å². The van der Waals surface area contributed by atoms with Gasteiger partial charge in [-0.15, -0.1) is 0 Å². The summed E-state index contributed by atoms with van der Waals surface area (Å²) in [6.07, 6.45) is 1.29. The van der Waals surface area contributed by atoms with Crippen molar-refractivity contribution in [1.82, 2.24) is 5.43 Å². The van der Waals surface area contributed by atoms with Crippen LogP contribution in [0.2, 0.25) is 5.02 Å². The Labute approximate surface area is 118 Å². The van der Waals surface area contributed by atoms with Crippen molar-refractivity contribution in [3.8, 4) is 0 Å². The highest BCUT2D eigenvalue weighted by Crippen LogP contribution is 2.24. The summed E-state index contributed by atoms with van der Waals surface area (Å²) in [6, 6.07) is 3.66. The highest BCUT2D eigenvalue weighted by Gasteiger charge is 2.38. The van der Waals surface area contributed by atoms with Gasteiger partial charge in [-0.2, -0.15) is 0 Å². The fourth-order valence-electron chi connectivity index (χ4n) is 1.67. The molecule has 7 heteroatoms. The second-order valence-corrected chi connectivity index (χ2v) is 8.07. The molecule has 0 amide bonds. The molecule has 1 atom stereocenters. The Morgan fingerprint density at radius 1 is 1.47 bits per heavy atom. The molecule has 0 aliphatic heterocycles. The number of sulfone groups is 1. The fourth-order valence-corrected chi connectivity index (χ4v) is 2.50. The molecule has 4 nitrogen and oxygen atoms in total. The molecule has 1 aromatic carbocycles. The first-order valence-corrected chi connectivity index (χ1v) is 7.96. The zero-order valence-corrected chi connectivity index (χ0v) is 12.6. The maximum Gasteiger partial charge on any atom is 0.154 e. The lowest BCUT2D eigenvalue weighted by Crippen LogP contribution is -2.55. The minimum atomic E-state index is -3.35. The normalized spacial score (nSPS) is 14.4. The van der Waals surface area contributed by atoms with Crippen molar-refractivity contribution in [2.75, 3.05) is 6.26 Å². The van der Waals surface area contributed by atoms with E-state index in [1.807, 2.05) is 0 Å². The Bertz CT molecular complexity index is 561. The molecule has 1 unspecified atom stereocenters. The zero-order valence-electron chi connectivity index (χ0n) is 11.1. The molecule has 0 bridgehead atoms. The molecular weight excluding hydrogens is 291 g/mol. The van der Waals surface area contributed by atoms with Crippen molar-refractivity contribution < 1.29 is 12.8 Å². The molecule has 3 N–H and O–H groups in total.